The maximum Gasteiger partial charge on any atom is 0.459 e. The van der Waals surface area contributed by atoms with Crippen LogP contribution in [0.25, 0.3) is 0 Å². The van der Waals surface area contributed by atoms with Crippen molar-refractivity contribution < 1.29 is 45.4 Å². The number of nitro benzene ring substituents is 2. The Kier molecular flexibility index (Phi) is 6.94. The zero-order valence-electron chi connectivity index (χ0n) is 16.0. The minimum Gasteiger partial charge on any atom is -0.343 e. The Balaban J connectivity index is 2.52. The highest BCUT2D eigenvalue weighted by atomic mass is 19.4. The first-order chi connectivity index (χ1) is 15.1. The molecule has 1 atom stereocenters. The van der Waals surface area contributed by atoms with Crippen molar-refractivity contribution in [2.24, 2.45) is 0 Å². The molecular formula is C18H12F7N3O5. The number of nitrogens with zero attached hydrogens (tertiary/aromatic N) is 2. The summed E-state index contributed by atoms with van der Waals surface area (Å²) < 4.78 is 94.2. The van der Waals surface area contributed by atoms with Crippen LogP contribution >= 0.6 is 0 Å². The number of alkyl halides is 7. The van der Waals surface area contributed by atoms with Crippen LogP contribution in [0.3, 0.4) is 0 Å². The van der Waals surface area contributed by atoms with Crippen molar-refractivity contribution in [2.75, 3.05) is 0 Å². The summed E-state index contributed by atoms with van der Waals surface area (Å²) in [6.45, 7) is 0. The number of non-ortho nitro benzene ring substituents is 2. The maximum atomic E-state index is 14.4. The quantitative estimate of drug-likeness (QED) is 0.333. The molecule has 0 heterocycles. The molecule has 8 nitrogen and oxygen atoms in total. The van der Waals surface area contributed by atoms with Crippen molar-refractivity contribution in [3.63, 3.8) is 0 Å². The van der Waals surface area contributed by atoms with Gasteiger partial charge in [-0.2, -0.15) is 30.7 Å². The Labute approximate surface area is 179 Å². The molecular weight excluding hydrogens is 471 g/mol. The summed E-state index contributed by atoms with van der Waals surface area (Å²) in [4.78, 5) is 31.9. The standard InChI is InChI=1S/C18H12F7N3O5/c19-16(20,17(21,22)18(23,24)25)14(6-10-4-2-1-3-5-10)26-15(29)11-7-12(27(30)31)9-13(8-11)28(32)33/h1-5,7-9,14H,6H2,(H,26,29). The highest BCUT2D eigenvalue weighted by Crippen LogP contribution is 2.48. The summed E-state index contributed by atoms with van der Waals surface area (Å²) in [6, 6.07) is 4.33. The number of hydrogen-bond acceptors (Lipinski definition) is 5. The van der Waals surface area contributed by atoms with E-state index in [9.17, 15) is 55.8 Å². The highest BCUT2D eigenvalue weighted by Gasteiger charge is 2.75. The second-order valence-electron chi connectivity index (χ2n) is 6.66. The van der Waals surface area contributed by atoms with Gasteiger partial charge in [-0.15, -0.1) is 0 Å². The van der Waals surface area contributed by atoms with E-state index in [4.69, 9.17) is 0 Å². The molecule has 1 unspecified atom stereocenters. The van der Waals surface area contributed by atoms with Crippen LogP contribution < -0.4 is 5.32 Å². The molecule has 0 spiro atoms. The summed E-state index contributed by atoms with van der Waals surface area (Å²) in [5.74, 6) is -14.2. The first-order valence-corrected chi connectivity index (χ1v) is 8.69. The molecule has 0 aliphatic heterocycles. The van der Waals surface area contributed by atoms with Gasteiger partial charge in [-0.1, -0.05) is 30.3 Å². The topological polar surface area (TPSA) is 115 Å². The zero-order valence-corrected chi connectivity index (χ0v) is 16.0. The molecule has 1 amide bonds. The Morgan fingerprint density at radius 1 is 0.879 bits per heavy atom. The van der Waals surface area contributed by atoms with Crippen molar-refractivity contribution in [3.8, 4) is 0 Å². The van der Waals surface area contributed by atoms with E-state index in [1.54, 1.807) is 0 Å². The number of hydrogen-bond donors (Lipinski definition) is 1. The average molecular weight is 483 g/mol. The SMILES string of the molecule is O=C(NC(Cc1ccccc1)C(F)(F)C(F)(F)C(F)(F)F)c1cc([N+](=O)[O-])cc([N+](=O)[O-])c1. The van der Waals surface area contributed by atoms with Gasteiger partial charge in [0.05, 0.1) is 21.5 Å². The molecule has 0 radical (unpaired) electrons. The predicted molar refractivity (Wildman–Crippen MR) is 97.1 cm³/mol. The average Bonchev–Trinajstić information content (AvgIpc) is 2.72. The predicted octanol–water partition coefficient (Wildman–Crippen LogP) is 4.68. The monoisotopic (exact) mass is 483 g/mol. The summed E-state index contributed by atoms with van der Waals surface area (Å²) in [6.07, 6.45) is -7.87. The third-order valence-corrected chi connectivity index (χ3v) is 4.39. The van der Waals surface area contributed by atoms with Gasteiger partial charge >= 0.3 is 18.0 Å². The zero-order chi connectivity index (χ0) is 25.2. The lowest BCUT2D eigenvalue weighted by Crippen LogP contribution is -2.63. The number of carbonyl (C=O) groups is 1. The van der Waals surface area contributed by atoms with Crippen LogP contribution in [0.2, 0.25) is 0 Å². The van der Waals surface area contributed by atoms with Crippen molar-refractivity contribution in [2.45, 2.75) is 30.5 Å². The lowest BCUT2D eigenvalue weighted by atomic mass is 9.95. The molecule has 0 fully saturated rings. The van der Waals surface area contributed by atoms with E-state index >= 15 is 0 Å². The van der Waals surface area contributed by atoms with Crippen molar-refractivity contribution >= 4 is 17.3 Å². The third-order valence-electron chi connectivity index (χ3n) is 4.39. The number of nitrogens with one attached hydrogen (secondary N) is 1. The van der Waals surface area contributed by atoms with Gasteiger partial charge in [-0.3, -0.25) is 25.0 Å². The largest absolute Gasteiger partial charge is 0.459 e. The fraction of sp³-hybridized carbons (Fsp3) is 0.278. The summed E-state index contributed by atoms with van der Waals surface area (Å²) in [5, 5.41) is 23.2. The van der Waals surface area contributed by atoms with Crippen LogP contribution in [0.4, 0.5) is 42.1 Å². The molecule has 2 aromatic rings. The van der Waals surface area contributed by atoms with Gasteiger partial charge in [-0.25, -0.2) is 0 Å². The van der Waals surface area contributed by atoms with Crippen LogP contribution in [-0.2, 0) is 6.42 Å². The summed E-state index contributed by atoms with van der Waals surface area (Å²) >= 11 is 0. The molecule has 0 aromatic heterocycles. The van der Waals surface area contributed by atoms with Crippen LogP contribution in [0.15, 0.2) is 48.5 Å². The molecule has 178 valence electrons. The minimum absolute atomic E-state index is 0.148. The highest BCUT2D eigenvalue weighted by molar-refractivity contribution is 5.95. The summed E-state index contributed by atoms with van der Waals surface area (Å²) in [7, 11) is 0. The Hall–Kier alpha value is -3.78. The van der Waals surface area contributed by atoms with E-state index in [2.05, 4.69) is 0 Å². The van der Waals surface area contributed by atoms with Gasteiger partial charge < -0.3 is 5.32 Å². The second kappa shape index (κ2) is 8.99. The van der Waals surface area contributed by atoms with E-state index in [0.29, 0.717) is 18.2 Å². The fourth-order valence-electron chi connectivity index (χ4n) is 2.71. The number of amides is 1. The van der Waals surface area contributed by atoms with Gasteiger partial charge in [0.15, 0.2) is 0 Å². The van der Waals surface area contributed by atoms with E-state index in [1.807, 2.05) is 0 Å². The number of carbonyl (C=O) groups excluding carboxylic acids is 1. The second-order valence-corrected chi connectivity index (χ2v) is 6.66. The van der Waals surface area contributed by atoms with Gasteiger partial charge in [0.25, 0.3) is 17.3 Å². The first kappa shape index (κ1) is 25.5. The lowest BCUT2D eigenvalue weighted by Gasteiger charge is -2.34. The van der Waals surface area contributed by atoms with Crippen molar-refractivity contribution in [1.29, 1.82) is 0 Å². The molecule has 0 aliphatic rings. The molecule has 0 aliphatic carbocycles. The molecule has 0 saturated heterocycles. The van der Waals surface area contributed by atoms with Crippen LogP contribution in [0, 0.1) is 20.2 Å². The Morgan fingerprint density at radius 2 is 1.36 bits per heavy atom. The number of halogens is 7. The Bertz CT molecular complexity index is 1030. The number of nitro groups is 2. The van der Waals surface area contributed by atoms with Gasteiger partial charge in [0.2, 0.25) is 0 Å². The molecule has 0 bridgehead atoms. The van der Waals surface area contributed by atoms with Gasteiger partial charge in [0.1, 0.15) is 6.04 Å². The molecule has 15 heteroatoms. The molecule has 2 rings (SSSR count). The molecule has 0 saturated carbocycles. The van der Waals surface area contributed by atoms with E-state index < -0.39 is 63.2 Å². The van der Waals surface area contributed by atoms with Crippen molar-refractivity contribution in [1.82, 2.24) is 5.32 Å². The van der Waals surface area contributed by atoms with Crippen molar-refractivity contribution in [3.05, 3.63) is 79.9 Å². The summed E-state index contributed by atoms with van der Waals surface area (Å²) in [5.41, 5.74) is -3.15. The van der Waals surface area contributed by atoms with Crippen LogP contribution in [0.1, 0.15) is 15.9 Å². The third kappa shape index (κ3) is 5.35. The number of benzene rings is 2. The minimum atomic E-state index is -6.68. The van der Waals surface area contributed by atoms with E-state index in [0.717, 1.165) is 12.1 Å². The Morgan fingerprint density at radius 3 is 1.79 bits per heavy atom. The maximum absolute atomic E-state index is 14.4. The first-order valence-electron chi connectivity index (χ1n) is 8.69. The lowest BCUT2D eigenvalue weighted by molar-refractivity contribution is -0.394. The molecule has 2 aromatic carbocycles. The van der Waals surface area contributed by atoms with Gasteiger partial charge in [-0.05, 0) is 12.0 Å². The van der Waals surface area contributed by atoms with E-state index in [-0.39, 0.29) is 5.56 Å². The molecule has 33 heavy (non-hydrogen) atoms. The van der Waals surface area contributed by atoms with Crippen LogP contribution in [-0.4, -0.2) is 39.8 Å². The van der Waals surface area contributed by atoms with Gasteiger partial charge in [0, 0.05) is 12.1 Å². The van der Waals surface area contributed by atoms with Crippen LogP contribution in [0.5, 0.6) is 0 Å². The molecule has 1 N–H and O–H groups in total. The fourth-order valence-corrected chi connectivity index (χ4v) is 2.71. The van der Waals surface area contributed by atoms with E-state index in [1.165, 1.54) is 23.5 Å². The number of rotatable bonds is 8. The smallest absolute Gasteiger partial charge is 0.343 e. The normalized spacial score (nSPS) is 13.3.